The van der Waals surface area contributed by atoms with Gasteiger partial charge in [-0.15, -0.1) is 0 Å². The van der Waals surface area contributed by atoms with Crippen molar-refractivity contribution in [1.29, 1.82) is 0 Å². The van der Waals surface area contributed by atoms with E-state index in [2.05, 4.69) is 15.2 Å². The molecular weight excluding hydrogens is 256 g/mol. The van der Waals surface area contributed by atoms with Crippen LogP contribution in [-0.4, -0.2) is 33.0 Å². The van der Waals surface area contributed by atoms with Crippen LogP contribution in [-0.2, 0) is 6.54 Å². The summed E-state index contributed by atoms with van der Waals surface area (Å²) >= 11 is 0. The minimum atomic E-state index is -0.171. The number of furan rings is 1. The van der Waals surface area contributed by atoms with Crippen molar-refractivity contribution < 1.29 is 9.21 Å². The molecule has 2 aromatic heterocycles. The average Bonchev–Trinajstić information content (AvgIpc) is 3.07. The summed E-state index contributed by atoms with van der Waals surface area (Å²) in [6.07, 6.45) is 1.42. The van der Waals surface area contributed by atoms with Crippen LogP contribution in [0.15, 0.2) is 35.0 Å². The predicted molar refractivity (Wildman–Crippen MR) is 73.1 cm³/mol. The van der Waals surface area contributed by atoms with Gasteiger partial charge in [-0.3, -0.25) is 9.89 Å². The molecule has 6 nitrogen and oxygen atoms in total. The van der Waals surface area contributed by atoms with Gasteiger partial charge in [-0.2, -0.15) is 5.10 Å². The van der Waals surface area contributed by atoms with Crippen molar-refractivity contribution in [3.05, 3.63) is 47.7 Å². The molecule has 0 radical (unpaired) electrons. The standard InChI is InChI=1S/C14H14N4O2/c1-9-10-5-3-4-6-11(10)20-13(9)14(19)18(2)7-12-15-8-16-17-12/h3-6,8H,7H2,1-2H3,(H,15,16,17). The SMILES string of the molecule is Cc1c(C(=O)N(C)Cc2ncn[nH]2)oc2ccccc12. The zero-order chi connectivity index (χ0) is 14.1. The Balaban J connectivity index is 1.90. The number of rotatable bonds is 3. The molecule has 3 aromatic rings. The molecule has 1 amide bonds. The van der Waals surface area contributed by atoms with E-state index in [-0.39, 0.29) is 5.91 Å². The van der Waals surface area contributed by atoms with Gasteiger partial charge in [-0.05, 0) is 13.0 Å². The fraction of sp³-hybridized carbons (Fsp3) is 0.214. The number of benzene rings is 1. The van der Waals surface area contributed by atoms with Crippen molar-refractivity contribution in [2.75, 3.05) is 7.05 Å². The monoisotopic (exact) mass is 270 g/mol. The quantitative estimate of drug-likeness (QED) is 0.791. The fourth-order valence-electron chi connectivity index (χ4n) is 2.16. The third-order valence-corrected chi connectivity index (χ3v) is 3.24. The molecule has 20 heavy (non-hydrogen) atoms. The Morgan fingerprint density at radius 2 is 2.20 bits per heavy atom. The third-order valence-electron chi connectivity index (χ3n) is 3.24. The first-order chi connectivity index (χ1) is 9.66. The number of para-hydroxylation sites is 1. The Hall–Kier alpha value is -2.63. The van der Waals surface area contributed by atoms with Crippen LogP contribution < -0.4 is 0 Å². The Labute approximate surface area is 115 Å². The minimum absolute atomic E-state index is 0.171. The topological polar surface area (TPSA) is 75.0 Å². The van der Waals surface area contributed by atoms with E-state index in [9.17, 15) is 4.79 Å². The van der Waals surface area contributed by atoms with Crippen LogP contribution in [0.5, 0.6) is 0 Å². The van der Waals surface area contributed by atoms with Crippen LogP contribution in [0.4, 0.5) is 0 Å². The molecule has 6 heteroatoms. The second kappa shape index (κ2) is 4.80. The molecule has 0 atom stereocenters. The first kappa shape index (κ1) is 12.4. The molecule has 1 aromatic carbocycles. The van der Waals surface area contributed by atoms with Crippen molar-refractivity contribution in [3.63, 3.8) is 0 Å². The number of hydrogen-bond donors (Lipinski definition) is 1. The Kier molecular flexibility index (Phi) is 2.98. The van der Waals surface area contributed by atoms with Gasteiger partial charge in [0, 0.05) is 18.0 Å². The van der Waals surface area contributed by atoms with Crippen LogP contribution in [0, 0.1) is 6.92 Å². The normalized spacial score (nSPS) is 10.9. The van der Waals surface area contributed by atoms with E-state index in [0.717, 1.165) is 16.5 Å². The highest BCUT2D eigenvalue weighted by Crippen LogP contribution is 2.25. The van der Waals surface area contributed by atoms with Crippen LogP contribution >= 0.6 is 0 Å². The molecule has 0 spiro atoms. The molecule has 3 rings (SSSR count). The van der Waals surface area contributed by atoms with Crippen LogP contribution in [0.2, 0.25) is 0 Å². The van der Waals surface area contributed by atoms with E-state index in [0.29, 0.717) is 18.1 Å². The number of amides is 1. The predicted octanol–water partition coefficient (Wildman–Crippen LogP) is 2.13. The van der Waals surface area contributed by atoms with Gasteiger partial charge in [0.05, 0.1) is 6.54 Å². The maximum Gasteiger partial charge on any atom is 0.290 e. The molecule has 0 aliphatic carbocycles. The lowest BCUT2D eigenvalue weighted by Gasteiger charge is -2.14. The number of nitrogens with zero attached hydrogens (tertiary/aromatic N) is 3. The van der Waals surface area contributed by atoms with E-state index < -0.39 is 0 Å². The Morgan fingerprint density at radius 1 is 1.40 bits per heavy atom. The summed E-state index contributed by atoms with van der Waals surface area (Å²) in [6.45, 7) is 2.25. The van der Waals surface area contributed by atoms with Gasteiger partial charge in [0.2, 0.25) is 0 Å². The highest BCUT2D eigenvalue weighted by Gasteiger charge is 2.21. The maximum atomic E-state index is 12.4. The lowest BCUT2D eigenvalue weighted by molar-refractivity contribution is 0.0751. The molecule has 102 valence electrons. The minimum Gasteiger partial charge on any atom is -0.451 e. The van der Waals surface area contributed by atoms with Crippen molar-refractivity contribution in [2.24, 2.45) is 0 Å². The second-order valence-electron chi connectivity index (χ2n) is 4.65. The largest absolute Gasteiger partial charge is 0.451 e. The van der Waals surface area contributed by atoms with E-state index >= 15 is 0 Å². The van der Waals surface area contributed by atoms with Crippen molar-refractivity contribution in [2.45, 2.75) is 13.5 Å². The average molecular weight is 270 g/mol. The summed E-state index contributed by atoms with van der Waals surface area (Å²) in [5, 5.41) is 7.45. The highest BCUT2D eigenvalue weighted by atomic mass is 16.3. The molecular formula is C14H14N4O2. The molecule has 0 unspecified atom stereocenters. The van der Waals surface area contributed by atoms with Gasteiger partial charge < -0.3 is 9.32 Å². The number of aryl methyl sites for hydroxylation is 1. The summed E-state index contributed by atoms with van der Waals surface area (Å²) in [4.78, 5) is 18.0. The maximum absolute atomic E-state index is 12.4. The highest BCUT2D eigenvalue weighted by molar-refractivity contribution is 5.98. The van der Waals surface area contributed by atoms with E-state index in [4.69, 9.17) is 4.42 Å². The van der Waals surface area contributed by atoms with Gasteiger partial charge >= 0.3 is 0 Å². The van der Waals surface area contributed by atoms with Gasteiger partial charge in [0.1, 0.15) is 17.7 Å². The smallest absolute Gasteiger partial charge is 0.290 e. The third kappa shape index (κ3) is 2.05. The summed E-state index contributed by atoms with van der Waals surface area (Å²) in [5.41, 5.74) is 1.58. The van der Waals surface area contributed by atoms with Gasteiger partial charge in [-0.25, -0.2) is 4.98 Å². The Morgan fingerprint density at radius 3 is 2.90 bits per heavy atom. The number of H-pyrrole nitrogens is 1. The number of carbonyl (C=O) groups is 1. The van der Waals surface area contributed by atoms with Crippen LogP contribution in [0.25, 0.3) is 11.0 Å². The molecule has 0 saturated heterocycles. The summed E-state index contributed by atoms with van der Waals surface area (Å²) in [6, 6.07) is 7.62. The molecule has 0 aliphatic rings. The second-order valence-corrected chi connectivity index (χ2v) is 4.65. The number of aromatic amines is 1. The molecule has 0 aliphatic heterocycles. The summed E-state index contributed by atoms with van der Waals surface area (Å²) in [5.74, 6) is 0.831. The zero-order valence-electron chi connectivity index (χ0n) is 11.3. The lowest BCUT2D eigenvalue weighted by atomic mass is 10.1. The summed E-state index contributed by atoms with van der Waals surface area (Å²) < 4.78 is 5.66. The number of hydrogen-bond acceptors (Lipinski definition) is 4. The van der Waals surface area contributed by atoms with E-state index in [1.165, 1.54) is 6.33 Å². The van der Waals surface area contributed by atoms with E-state index in [1.807, 2.05) is 31.2 Å². The number of carbonyl (C=O) groups excluding carboxylic acids is 1. The lowest BCUT2D eigenvalue weighted by Crippen LogP contribution is -2.26. The zero-order valence-corrected chi connectivity index (χ0v) is 11.3. The molecule has 0 bridgehead atoms. The number of aromatic nitrogens is 3. The number of nitrogens with one attached hydrogen (secondary N) is 1. The number of fused-ring (bicyclic) bond motifs is 1. The molecule has 1 N–H and O–H groups in total. The fourth-order valence-corrected chi connectivity index (χ4v) is 2.16. The van der Waals surface area contributed by atoms with E-state index in [1.54, 1.807) is 11.9 Å². The van der Waals surface area contributed by atoms with Gasteiger partial charge in [-0.1, -0.05) is 18.2 Å². The first-order valence-electron chi connectivity index (χ1n) is 6.24. The van der Waals surface area contributed by atoms with Crippen molar-refractivity contribution in [3.8, 4) is 0 Å². The summed E-state index contributed by atoms with van der Waals surface area (Å²) in [7, 11) is 1.71. The molecule has 0 saturated carbocycles. The van der Waals surface area contributed by atoms with Crippen molar-refractivity contribution in [1.82, 2.24) is 20.1 Å². The molecule has 2 heterocycles. The van der Waals surface area contributed by atoms with Crippen LogP contribution in [0.1, 0.15) is 21.9 Å². The molecule has 0 fully saturated rings. The Bertz CT molecular complexity index is 746. The first-order valence-corrected chi connectivity index (χ1v) is 6.24. The van der Waals surface area contributed by atoms with Gasteiger partial charge in [0.15, 0.2) is 5.76 Å². The van der Waals surface area contributed by atoms with Crippen molar-refractivity contribution >= 4 is 16.9 Å². The van der Waals surface area contributed by atoms with Crippen LogP contribution in [0.3, 0.4) is 0 Å². The van der Waals surface area contributed by atoms with Gasteiger partial charge in [0.25, 0.3) is 5.91 Å².